The monoisotopic (exact) mass is 501 g/mol. The molecule has 1 saturated heterocycles. The van der Waals surface area contributed by atoms with Crippen LogP contribution in [0.2, 0.25) is 0 Å². The molecule has 0 unspecified atom stereocenters. The Balaban J connectivity index is 2.27. The third-order valence-corrected chi connectivity index (χ3v) is 5.15. The number of thioether (sulfide) groups is 1. The molecule has 0 spiro atoms. The minimum Gasteiger partial charge on any atom is -0.490 e. The summed E-state index contributed by atoms with van der Waals surface area (Å²) in [5.74, 6) is -1.15. The molecule has 1 aliphatic rings. The van der Waals surface area contributed by atoms with E-state index < -0.39 is 29.6 Å². The summed E-state index contributed by atoms with van der Waals surface area (Å²) < 4.78 is 20.9. The van der Waals surface area contributed by atoms with Gasteiger partial charge in [0.2, 0.25) is 0 Å². The Labute approximate surface area is 185 Å². The predicted molar refractivity (Wildman–Crippen MR) is 112 cm³/mol. The number of esters is 2. The van der Waals surface area contributed by atoms with Crippen LogP contribution in [0.25, 0.3) is 6.08 Å². The van der Waals surface area contributed by atoms with E-state index in [1.165, 1.54) is 13.2 Å². The van der Waals surface area contributed by atoms with Crippen LogP contribution in [-0.2, 0) is 23.9 Å². The fourth-order valence-corrected chi connectivity index (χ4v) is 3.80. The van der Waals surface area contributed by atoms with E-state index in [9.17, 15) is 19.2 Å². The van der Waals surface area contributed by atoms with Crippen LogP contribution in [0.15, 0.2) is 21.5 Å². The van der Waals surface area contributed by atoms with Gasteiger partial charge >= 0.3 is 11.9 Å². The number of imide groups is 1. The standard InChI is InChI=1S/C19H20BrNO8S/c1-4-27-13-7-11(6-12(20)17(13)29-10-16(23)26-3)8-14-18(24)21(19(25)30-14)9-15(22)28-5-2/h6-8H,4-5,9-10H2,1-3H3/b14-8+. The van der Waals surface area contributed by atoms with Crippen LogP contribution in [0, 0.1) is 0 Å². The zero-order chi connectivity index (χ0) is 22.3. The van der Waals surface area contributed by atoms with Gasteiger partial charge in [-0.2, -0.15) is 0 Å². The normalized spacial score (nSPS) is 14.8. The summed E-state index contributed by atoms with van der Waals surface area (Å²) in [6, 6.07) is 3.26. The van der Waals surface area contributed by atoms with E-state index in [4.69, 9.17) is 14.2 Å². The molecule has 0 atom stereocenters. The van der Waals surface area contributed by atoms with Crippen molar-refractivity contribution < 1.29 is 38.1 Å². The lowest BCUT2D eigenvalue weighted by atomic mass is 10.2. The first kappa shape index (κ1) is 23.7. The van der Waals surface area contributed by atoms with Crippen molar-refractivity contribution in [2.24, 2.45) is 0 Å². The van der Waals surface area contributed by atoms with Gasteiger partial charge in [-0.3, -0.25) is 19.3 Å². The second-order valence-corrected chi connectivity index (χ2v) is 7.55. The lowest BCUT2D eigenvalue weighted by molar-refractivity contribution is -0.146. The Morgan fingerprint density at radius 3 is 2.50 bits per heavy atom. The maximum Gasteiger partial charge on any atom is 0.343 e. The number of rotatable bonds is 9. The Morgan fingerprint density at radius 1 is 1.13 bits per heavy atom. The highest BCUT2D eigenvalue weighted by Crippen LogP contribution is 2.39. The van der Waals surface area contributed by atoms with Crippen LogP contribution in [0.5, 0.6) is 11.5 Å². The van der Waals surface area contributed by atoms with E-state index in [1.807, 2.05) is 0 Å². The maximum absolute atomic E-state index is 12.5. The molecule has 0 bridgehead atoms. The molecule has 2 rings (SSSR count). The molecule has 0 aliphatic carbocycles. The Morgan fingerprint density at radius 2 is 1.87 bits per heavy atom. The van der Waals surface area contributed by atoms with Gasteiger partial charge in [0.15, 0.2) is 18.1 Å². The molecule has 0 radical (unpaired) electrons. The van der Waals surface area contributed by atoms with Crippen molar-refractivity contribution in [3.05, 3.63) is 27.1 Å². The molecule has 162 valence electrons. The van der Waals surface area contributed by atoms with E-state index >= 15 is 0 Å². The number of ether oxygens (including phenoxy) is 4. The zero-order valence-corrected chi connectivity index (χ0v) is 19.0. The molecule has 30 heavy (non-hydrogen) atoms. The smallest absolute Gasteiger partial charge is 0.343 e. The first-order chi connectivity index (χ1) is 14.3. The summed E-state index contributed by atoms with van der Waals surface area (Å²) in [6.45, 7) is 3.17. The Kier molecular flexibility index (Phi) is 8.72. The SMILES string of the molecule is CCOC(=O)CN1C(=O)S/C(=C/c2cc(Br)c(OCC(=O)OC)c(OCC)c2)C1=O. The van der Waals surface area contributed by atoms with Crippen molar-refractivity contribution in [3.63, 3.8) is 0 Å². The number of benzene rings is 1. The van der Waals surface area contributed by atoms with Gasteiger partial charge in [0, 0.05) is 0 Å². The van der Waals surface area contributed by atoms with Crippen LogP contribution in [0.3, 0.4) is 0 Å². The van der Waals surface area contributed by atoms with Crippen molar-refractivity contribution in [3.8, 4) is 11.5 Å². The fraction of sp³-hybridized carbons (Fsp3) is 0.368. The number of nitrogens with zero attached hydrogens (tertiary/aromatic N) is 1. The number of halogens is 1. The lowest BCUT2D eigenvalue weighted by Gasteiger charge is -2.14. The van der Waals surface area contributed by atoms with Crippen LogP contribution >= 0.6 is 27.7 Å². The minimum absolute atomic E-state index is 0.155. The highest BCUT2D eigenvalue weighted by Gasteiger charge is 2.36. The Hall–Kier alpha value is -2.53. The van der Waals surface area contributed by atoms with Crippen LogP contribution in [0.1, 0.15) is 19.4 Å². The third-order valence-electron chi connectivity index (χ3n) is 3.66. The van der Waals surface area contributed by atoms with E-state index in [-0.39, 0.29) is 18.1 Å². The quantitative estimate of drug-likeness (QED) is 0.372. The van der Waals surface area contributed by atoms with Gasteiger partial charge in [-0.15, -0.1) is 0 Å². The van der Waals surface area contributed by atoms with E-state index in [1.54, 1.807) is 26.0 Å². The lowest BCUT2D eigenvalue weighted by Crippen LogP contribution is -2.34. The van der Waals surface area contributed by atoms with Crippen molar-refractivity contribution in [1.29, 1.82) is 0 Å². The molecule has 2 amide bonds. The predicted octanol–water partition coefficient (Wildman–Crippen LogP) is 3.00. The van der Waals surface area contributed by atoms with Gasteiger partial charge in [0.05, 0.1) is 29.7 Å². The Bertz CT molecular complexity index is 886. The minimum atomic E-state index is -0.658. The highest BCUT2D eigenvalue weighted by molar-refractivity contribution is 9.10. The van der Waals surface area contributed by atoms with Gasteiger partial charge in [-0.25, -0.2) is 4.79 Å². The zero-order valence-electron chi connectivity index (χ0n) is 16.6. The topological polar surface area (TPSA) is 108 Å². The number of carbonyl (C=O) groups is 4. The van der Waals surface area contributed by atoms with Crippen molar-refractivity contribution in [1.82, 2.24) is 4.90 Å². The number of methoxy groups -OCH3 is 1. The highest BCUT2D eigenvalue weighted by atomic mass is 79.9. The van der Waals surface area contributed by atoms with Gasteiger partial charge in [-0.05, 0) is 65.3 Å². The van der Waals surface area contributed by atoms with Crippen LogP contribution in [0.4, 0.5) is 4.79 Å². The second-order valence-electron chi connectivity index (χ2n) is 5.70. The molecule has 9 nitrogen and oxygen atoms in total. The maximum atomic E-state index is 12.5. The third kappa shape index (κ3) is 5.99. The molecular weight excluding hydrogens is 482 g/mol. The summed E-state index contributed by atoms with van der Waals surface area (Å²) in [5, 5.41) is -0.554. The van der Waals surface area contributed by atoms with E-state index in [0.29, 0.717) is 28.1 Å². The summed E-state index contributed by atoms with van der Waals surface area (Å²) in [5.41, 5.74) is 0.553. The fourth-order valence-electron chi connectivity index (χ4n) is 2.39. The number of hydrogen-bond donors (Lipinski definition) is 0. The van der Waals surface area contributed by atoms with Crippen molar-refractivity contribution >= 4 is 56.9 Å². The average Bonchev–Trinajstić information content (AvgIpc) is 2.95. The molecule has 1 aliphatic heterocycles. The van der Waals surface area contributed by atoms with E-state index in [0.717, 1.165) is 16.7 Å². The summed E-state index contributed by atoms with van der Waals surface area (Å²) >= 11 is 4.09. The summed E-state index contributed by atoms with van der Waals surface area (Å²) in [7, 11) is 1.25. The van der Waals surface area contributed by atoms with Crippen LogP contribution in [-0.4, -0.2) is 61.5 Å². The second kappa shape index (κ2) is 11.0. The summed E-state index contributed by atoms with van der Waals surface area (Å²) in [6.07, 6.45) is 1.51. The number of carbonyl (C=O) groups excluding carboxylic acids is 4. The van der Waals surface area contributed by atoms with Crippen molar-refractivity contribution in [2.75, 3.05) is 33.5 Å². The molecule has 1 heterocycles. The number of hydrogen-bond acceptors (Lipinski definition) is 9. The largest absolute Gasteiger partial charge is 0.490 e. The molecular formula is C19H20BrNO8S. The first-order valence-electron chi connectivity index (χ1n) is 8.87. The number of amides is 2. The molecule has 1 aromatic rings. The summed E-state index contributed by atoms with van der Waals surface area (Å²) in [4.78, 5) is 48.6. The molecule has 11 heteroatoms. The molecule has 1 fully saturated rings. The molecule has 0 saturated carbocycles. The van der Waals surface area contributed by atoms with Gasteiger partial charge < -0.3 is 18.9 Å². The average molecular weight is 502 g/mol. The van der Waals surface area contributed by atoms with Crippen LogP contribution < -0.4 is 9.47 Å². The first-order valence-corrected chi connectivity index (χ1v) is 10.5. The molecule has 1 aromatic carbocycles. The van der Waals surface area contributed by atoms with Gasteiger partial charge in [0.25, 0.3) is 11.1 Å². The van der Waals surface area contributed by atoms with Gasteiger partial charge in [0.1, 0.15) is 6.54 Å². The molecule has 0 N–H and O–H groups in total. The van der Waals surface area contributed by atoms with E-state index in [2.05, 4.69) is 20.7 Å². The van der Waals surface area contributed by atoms with Gasteiger partial charge in [-0.1, -0.05) is 0 Å². The molecule has 0 aromatic heterocycles. The van der Waals surface area contributed by atoms with Crippen molar-refractivity contribution in [2.45, 2.75) is 13.8 Å².